The first kappa shape index (κ1) is 14.6. The molecule has 0 aliphatic heterocycles. The lowest BCUT2D eigenvalue weighted by Gasteiger charge is -2.10. The average Bonchev–Trinajstić information content (AvgIpc) is 2.76. The zero-order chi connectivity index (χ0) is 12.9. The van der Waals surface area contributed by atoms with E-state index in [-0.39, 0.29) is 12.5 Å². The molecule has 0 saturated carbocycles. The SMILES string of the molecule is CCc1ccc(S(=O)(=O)NCC(C)CCO)s1. The highest BCUT2D eigenvalue weighted by atomic mass is 32.2. The Kier molecular flexibility index (Phi) is 5.58. The second kappa shape index (κ2) is 6.49. The summed E-state index contributed by atoms with van der Waals surface area (Å²) in [5.74, 6) is 0.139. The van der Waals surface area contributed by atoms with Crippen LogP contribution in [0.4, 0.5) is 0 Å². The molecule has 1 atom stereocenters. The summed E-state index contributed by atoms with van der Waals surface area (Å²) in [6.45, 7) is 4.35. The smallest absolute Gasteiger partial charge is 0.250 e. The largest absolute Gasteiger partial charge is 0.396 e. The molecule has 6 heteroatoms. The lowest BCUT2D eigenvalue weighted by Crippen LogP contribution is -2.28. The number of hydrogen-bond acceptors (Lipinski definition) is 4. The summed E-state index contributed by atoms with van der Waals surface area (Å²) >= 11 is 1.30. The second-order valence-corrected chi connectivity index (χ2v) is 7.21. The minimum atomic E-state index is -3.38. The Morgan fingerprint density at radius 1 is 1.47 bits per heavy atom. The molecule has 0 radical (unpaired) electrons. The normalized spacial score (nSPS) is 13.8. The summed E-state index contributed by atoms with van der Waals surface area (Å²) in [5.41, 5.74) is 0. The van der Waals surface area contributed by atoms with Crippen LogP contribution in [-0.4, -0.2) is 26.7 Å². The highest BCUT2D eigenvalue weighted by Crippen LogP contribution is 2.21. The Hall–Kier alpha value is -0.430. The van der Waals surface area contributed by atoms with Gasteiger partial charge in [0.15, 0.2) is 0 Å². The van der Waals surface area contributed by atoms with Gasteiger partial charge in [-0.2, -0.15) is 0 Å². The average molecular weight is 277 g/mol. The van der Waals surface area contributed by atoms with E-state index in [2.05, 4.69) is 4.72 Å². The van der Waals surface area contributed by atoms with Crippen molar-refractivity contribution in [2.45, 2.75) is 30.9 Å². The molecule has 17 heavy (non-hydrogen) atoms. The molecule has 0 amide bonds. The van der Waals surface area contributed by atoms with E-state index in [9.17, 15) is 8.42 Å². The number of aliphatic hydroxyl groups excluding tert-OH is 1. The molecule has 98 valence electrons. The maximum Gasteiger partial charge on any atom is 0.250 e. The standard InChI is InChI=1S/C11H19NO3S2/c1-3-10-4-5-11(16-10)17(14,15)12-8-9(2)6-7-13/h4-5,9,12-13H,3,6-8H2,1-2H3. The fourth-order valence-corrected chi connectivity index (χ4v) is 3.84. The molecule has 0 aliphatic rings. The van der Waals surface area contributed by atoms with Gasteiger partial charge in [-0.3, -0.25) is 0 Å². The van der Waals surface area contributed by atoms with Crippen molar-refractivity contribution in [3.05, 3.63) is 17.0 Å². The fourth-order valence-electron chi connectivity index (χ4n) is 1.34. The molecule has 2 N–H and O–H groups in total. The molecule has 1 heterocycles. The first-order chi connectivity index (χ1) is 7.99. The van der Waals surface area contributed by atoms with Crippen LogP contribution in [0.3, 0.4) is 0 Å². The quantitative estimate of drug-likeness (QED) is 0.795. The van der Waals surface area contributed by atoms with E-state index in [1.807, 2.05) is 19.9 Å². The zero-order valence-corrected chi connectivity index (χ0v) is 11.8. The predicted octanol–water partition coefficient (Wildman–Crippen LogP) is 1.61. The van der Waals surface area contributed by atoms with Crippen molar-refractivity contribution >= 4 is 21.4 Å². The van der Waals surface area contributed by atoms with Crippen LogP contribution in [0.25, 0.3) is 0 Å². The van der Waals surface area contributed by atoms with Gasteiger partial charge in [0, 0.05) is 18.0 Å². The Bertz CT molecular complexity index is 439. The molecule has 1 aromatic heterocycles. The molecule has 1 rings (SSSR count). The minimum Gasteiger partial charge on any atom is -0.396 e. The van der Waals surface area contributed by atoms with Gasteiger partial charge in [0.1, 0.15) is 4.21 Å². The van der Waals surface area contributed by atoms with Crippen LogP contribution in [0.2, 0.25) is 0 Å². The fraction of sp³-hybridized carbons (Fsp3) is 0.636. The monoisotopic (exact) mass is 277 g/mol. The van der Waals surface area contributed by atoms with Crippen LogP contribution in [0, 0.1) is 5.92 Å². The number of thiophene rings is 1. The number of aliphatic hydroxyl groups is 1. The summed E-state index contributed by atoms with van der Waals surface area (Å²) in [7, 11) is -3.38. The summed E-state index contributed by atoms with van der Waals surface area (Å²) in [6.07, 6.45) is 1.45. The van der Waals surface area contributed by atoms with Crippen molar-refractivity contribution in [1.29, 1.82) is 0 Å². The van der Waals surface area contributed by atoms with Gasteiger partial charge in [-0.15, -0.1) is 11.3 Å². The number of hydrogen-bond donors (Lipinski definition) is 2. The van der Waals surface area contributed by atoms with Crippen molar-refractivity contribution in [2.75, 3.05) is 13.2 Å². The summed E-state index contributed by atoms with van der Waals surface area (Å²) in [4.78, 5) is 1.06. The van der Waals surface area contributed by atoms with Crippen LogP contribution >= 0.6 is 11.3 Å². The van der Waals surface area contributed by atoms with Crippen molar-refractivity contribution in [2.24, 2.45) is 5.92 Å². The van der Waals surface area contributed by atoms with Crippen LogP contribution in [0.15, 0.2) is 16.3 Å². The first-order valence-corrected chi connectivity index (χ1v) is 7.98. The van der Waals surface area contributed by atoms with E-state index < -0.39 is 10.0 Å². The van der Waals surface area contributed by atoms with E-state index in [1.165, 1.54) is 11.3 Å². The van der Waals surface area contributed by atoms with E-state index in [0.717, 1.165) is 11.3 Å². The third kappa shape index (κ3) is 4.39. The molecular weight excluding hydrogens is 258 g/mol. The van der Waals surface area contributed by atoms with Gasteiger partial charge in [0.25, 0.3) is 0 Å². The summed E-state index contributed by atoms with van der Waals surface area (Å²) in [5, 5.41) is 8.74. The van der Waals surface area contributed by atoms with Gasteiger partial charge in [-0.25, -0.2) is 13.1 Å². The van der Waals surface area contributed by atoms with Gasteiger partial charge in [-0.05, 0) is 30.9 Å². The van der Waals surface area contributed by atoms with Gasteiger partial charge < -0.3 is 5.11 Å². The lowest BCUT2D eigenvalue weighted by molar-refractivity contribution is 0.263. The van der Waals surface area contributed by atoms with Crippen molar-refractivity contribution < 1.29 is 13.5 Å². The van der Waals surface area contributed by atoms with Crippen LogP contribution in [0.1, 0.15) is 25.1 Å². The molecule has 0 spiro atoms. The molecule has 0 aromatic carbocycles. The van der Waals surface area contributed by atoms with Crippen LogP contribution in [-0.2, 0) is 16.4 Å². The molecule has 1 unspecified atom stereocenters. The number of nitrogens with one attached hydrogen (secondary N) is 1. The van der Waals surface area contributed by atoms with Crippen molar-refractivity contribution in [3.63, 3.8) is 0 Å². The highest BCUT2D eigenvalue weighted by molar-refractivity contribution is 7.91. The molecule has 0 aliphatic carbocycles. The minimum absolute atomic E-state index is 0.0852. The molecule has 0 bridgehead atoms. The highest BCUT2D eigenvalue weighted by Gasteiger charge is 2.17. The Labute approximate surface area is 107 Å². The predicted molar refractivity (Wildman–Crippen MR) is 69.8 cm³/mol. The first-order valence-electron chi connectivity index (χ1n) is 5.68. The number of sulfonamides is 1. The van der Waals surface area contributed by atoms with Crippen LogP contribution < -0.4 is 4.72 Å². The maximum atomic E-state index is 11.9. The molecule has 4 nitrogen and oxygen atoms in total. The van der Waals surface area contributed by atoms with E-state index in [1.54, 1.807) is 6.07 Å². The van der Waals surface area contributed by atoms with Gasteiger partial charge in [0.2, 0.25) is 10.0 Å². The Balaban J connectivity index is 2.62. The third-order valence-electron chi connectivity index (χ3n) is 2.49. The van der Waals surface area contributed by atoms with Crippen LogP contribution in [0.5, 0.6) is 0 Å². The second-order valence-electron chi connectivity index (χ2n) is 4.04. The summed E-state index contributed by atoms with van der Waals surface area (Å²) < 4.78 is 26.7. The van der Waals surface area contributed by atoms with Gasteiger partial charge in [-0.1, -0.05) is 13.8 Å². The Morgan fingerprint density at radius 2 is 2.18 bits per heavy atom. The molecule has 0 saturated heterocycles. The van der Waals surface area contributed by atoms with E-state index in [0.29, 0.717) is 17.2 Å². The van der Waals surface area contributed by atoms with Crippen molar-refractivity contribution in [3.8, 4) is 0 Å². The maximum absolute atomic E-state index is 11.9. The van der Waals surface area contributed by atoms with E-state index >= 15 is 0 Å². The molecular formula is C11H19NO3S2. The number of rotatable bonds is 7. The topological polar surface area (TPSA) is 66.4 Å². The van der Waals surface area contributed by atoms with Gasteiger partial charge in [0.05, 0.1) is 0 Å². The number of aryl methyl sites for hydroxylation is 1. The van der Waals surface area contributed by atoms with E-state index in [4.69, 9.17) is 5.11 Å². The lowest BCUT2D eigenvalue weighted by atomic mass is 10.1. The van der Waals surface area contributed by atoms with Crippen molar-refractivity contribution in [1.82, 2.24) is 4.72 Å². The molecule has 0 fully saturated rings. The van der Waals surface area contributed by atoms with Gasteiger partial charge >= 0.3 is 0 Å². The zero-order valence-electron chi connectivity index (χ0n) is 10.1. The molecule has 1 aromatic rings. The Morgan fingerprint density at radius 3 is 2.71 bits per heavy atom. The summed E-state index contributed by atoms with van der Waals surface area (Å²) in [6, 6.07) is 3.49. The third-order valence-corrected chi connectivity index (χ3v) is 5.64.